The Bertz CT molecular complexity index is 2860. The van der Waals surface area contributed by atoms with Crippen LogP contribution in [0, 0.1) is 40.1 Å². The summed E-state index contributed by atoms with van der Waals surface area (Å²) in [6.45, 7) is 3.28. The van der Waals surface area contributed by atoms with Gasteiger partial charge in [0.2, 0.25) is 0 Å². The van der Waals surface area contributed by atoms with Crippen LogP contribution in [0.5, 0.6) is 0 Å². The number of aliphatic hydroxyl groups is 1. The maximum Gasteiger partial charge on any atom is 0.407 e. The molecule has 426 valence electrons. The highest BCUT2D eigenvalue weighted by Crippen LogP contribution is 2.43. The molecule has 17 nitrogen and oxygen atoms in total. The molecule has 5 N–H and O–H groups in total. The van der Waals surface area contributed by atoms with Crippen molar-refractivity contribution in [2.24, 2.45) is 10.8 Å². The number of piperidine rings is 1. The molecule has 0 unspecified atom stereocenters. The van der Waals surface area contributed by atoms with E-state index in [1.807, 2.05) is 17.4 Å². The highest BCUT2D eigenvalue weighted by atomic mass is 19.4. The molecule has 2 bridgehead atoms. The van der Waals surface area contributed by atoms with E-state index in [1.54, 1.807) is 23.6 Å². The number of anilines is 1. The number of amides is 4. The van der Waals surface area contributed by atoms with Crippen molar-refractivity contribution in [1.82, 2.24) is 41.3 Å². The number of pyridine rings is 2. The lowest BCUT2D eigenvalue weighted by Gasteiger charge is -2.60. The van der Waals surface area contributed by atoms with Gasteiger partial charge in [0.05, 0.1) is 55.8 Å². The van der Waals surface area contributed by atoms with Gasteiger partial charge in [-0.1, -0.05) is 24.0 Å². The van der Waals surface area contributed by atoms with Crippen molar-refractivity contribution >= 4 is 29.8 Å². The molecule has 0 radical (unpaired) electrons. The number of alkyl carbamates (subject to hydrolysis) is 2. The Morgan fingerprint density at radius 3 is 1.95 bits per heavy atom. The molecule has 4 saturated heterocycles. The zero-order chi connectivity index (χ0) is 57.8. The van der Waals surface area contributed by atoms with Gasteiger partial charge in [-0.15, -0.1) is 0 Å². The van der Waals surface area contributed by atoms with E-state index in [2.05, 4.69) is 47.1 Å². The Morgan fingerprint density at radius 1 is 0.797 bits per heavy atom. The number of nitrogens with one attached hydrogen (secondary N) is 4. The summed E-state index contributed by atoms with van der Waals surface area (Å²) in [4.78, 5) is 66.0. The average Bonchev–Trinajstić information content (AvgIpc) is 3.55. The molecular weight excluding hydrogens is 1060 g/mol. The fraction of sp³-hybridized carbons (Fsp3) is 0.472. The minimum Gasteiger partial charge on any atom is -0.453 e. The lowest BCUT2D eigenvalue weighted by atomic mass is 9.83. The number of ether oxygens (including phenoxy) is 3. The summed E-state index contributed by atoms with van der Waals surface area (Å²) in [5, 5.41) is 18.6. The van der Waals surface area contributed by atoms with Crippen LogP contribution in [0.25, 0.3) is 11.3 Å². The van der Waals surface area contributed by atoms with Gasteiger partial charge in [0.1, 0.15) is 34.7 Å². The zero-order valence-corrected chi connectivity index (χ0v) is 43.6. The third-order valence-corrected chi connectivity index (χ3v) is 14.3. The summed E-state index contributed by atoms with van der Waals surface area (Å²) in [6.07, 6.45) is -15.0. The van der Waals surface area contributed by atoms with E-state index in [1.165, 1.54) is 12.1 Å². The van der Waals surface area contributed by atoms with Crippen LogP contribution in [0.15, 0.2) is 73.1 Å². The Morgan fingerprint density at radius 2 is 1.42 bits per heavy atom. The number of aliphatic hydroxyl groups excluding tert-OH is 1. The monoisotopic (exact) mass is 1120 g/mol. The number of halogens is 9. The first-order valence-corrected chi connectivity index (χ1v) is 24.8. The Kier molecular flexibility index (Phi) is 18.1. The second-order valence-corrected chi connectivity index (χ2v) is 20.5. The molecule has 4 fully saturated rings. The number of hydrogen-bond donors (Lipinski definition) is 5. The smallest absolute Gasteiger partial charge is 0.407 e. The molecule has 0 saturated carbocycles. The fourth-order valence-electron chi connectivity index (χ4n) is 9.25. The van der Waals surface area contributed by atoms with Gasteiger partial charge in [0, 0.05) is 73.8 Å². The van der Waals surface area contributed by atoms with Crippen LogP contribution in [0.4, 0.5) is 54.9 Å². The van der Waals surface area contributed by atoms with Crippen molar-refractivity contribution in [3.63, 3.8) is 0 Å². The number of hydrazine groups is 1. The number of carbonyl (C=O) groups excluding carboxylic acids is 4. The van der Waals surface area contributed by atoms with E-state index in [0.717, 1.165) is 83.2 Å². The molecule has 2 aromatic heterocycles. The Hall–Kier alpha value is -7.21. The highest BCUT2D eigenvalue weighted by molar-refractivity contribution is 5.86. The van der Waals surface area contributed by atoms with Crippen LogP contribution in [-0.4, -0.2) is 151 Å². The fourth-order valence-corrected chi connectivity index (χ4v) is 9.25. The van der Waals surface area contributed by atoms with Gasteiger partial charge in [0.15, 0.2) is 6.10 Å². The Balaban J connectivity index is 1.18. The van der Waals surface area contributed by atoms with Gasteiger partial charge in [-0.3, -0.25) is 24.9 Å². The predicted octanol–water partition coefficient (Wildman–Crippen LogP) is 6.17. The number of carbonyl (C=O) groups is 4. The van der Waals surface area contributed by atoms with Gasteiger partial charge in [-0.05, 0) is 94.6 Å². The number of hydrogen-bond acceptors (Lipinski definition) is 13. The standard InChI is InChI=1S/C53H58F9N9O8/c1-50(2,52(57,58)59)44(67-49(76)77-6)46(73)68-70(25-37-38(55)18-32(19-39(37)56)40-15-14-33(54)22-64-40)26-42(72)41(66-47(74)45(79-48(75)63-5)51(3,4)53(60,61)62)17-30-10-7-29(8-11-30)9-12-31-13-16-43(65-21-31)69-23-34-20-35(24-69)71(34)36-27-78-28-36/h7-8,10-11,13-16,18-19,21-22,34-36,41-42,44-45,72H,17,20,23-28H2,1-6H3,(H,63,75)(H,66,74)(H,67,76)(H,68,73)/t34-,35-,41-,42-,44+,45+/m0/s1. The quantitative estimate of drug-likeness (QED) is 0.0431. The molecule has 0 aliphatic carbocycles. The van der Waals surface area contributed by atoms with Crippen LogP contribution in [0.2, 0.25) is 0 Å². The van der Waals surface area contributed by atoms with Crippen molar-refractivity contribution < 1.29 is 78.0 Å². The number of nitrogens with zero attached hydrogens (tertiary/aromatic N) is 5. The van der Waals surface area contributed by atoms with Crippen molar-refractivity contribution in [3.8, 4) is 23.1 Å². The van der Waals surface area contributed by atoms with Crippen LogP contribution in [-0.2, 0) is 36.8 Å². The lowest BCUT2D eigenvalue weighted by Crippen LogP contribution is -2.74. The van der Waals surface area contributed by atoms with Crippen molar-refractivity contribution in [3.05, 3.63) is 113 Å². The molecule has 8 rings (SSSR count). The molecule has 4 aromatic rings. The summed E-state index contributed by atoms with van der Waals surface area (Å²) in [6, 6.07) is 10.5. The number of rotatable bonds is 18. The summed E-state index contributed by atoms with van der Waals surface area (Å²) in [5.41, 5.74) is -3.91. The number of fused-ring (bicyclic) bond motifs is 2. The van der Waals surface area contributed by atoms with Gasteiger partial charge >= 0.3 is 24.5 Å². The van der Waals surface area contributed by atoms with Gasteiger partial charge < -0.3 is 40.2 Å². The van der Waals surface area contributed by atoms with E-state index in [0.29, 0.717) is 62.0 Å². The second kappa shape index (κ2) is 24.0. The van der Waals surface area contributed by atoms with Crippen molar-refractivity contribution in [2.45, 2.75) is 102 Å². The third kappa shape index (κ3) is 13.8. The number of alkyl halides is 6. The first-order chi connectivity index (χ1) is 37.1. The van der Waals surface area contributed by atoms with Crippen LogP contribution >= 0.6 is 0 Å². The third-order valence-electron chi connectivity index (χ3n) is 14.3. The topological polar surface area (TPSA) is 200 Å². The van der Waals surface area contributed by atoms with Gasteiger partial charge in [-0.2, -0.15) is 26.3 Å². The summed E-state index contributed by atoms with van der Waals surface area (Å²) >= 11 is 0. The van der Waals surface area contributed by atoms with Crippen molar-refractivity contribution in [2.75, 3.05) is 51.9 Å². The first-order valence-electron chi connectivity index (χ1n) is 24.8. The van der Waals surface area contributed by atoms with E-state index in [-0.39, 0.29) is 16.8 Å². The minimum atomic E-state index is -5.21. The molecule has 4 aliphatic heterocycles. The molecule has 2 aromatic carbocycles. The average molecular weight is 1120 g/mol. The summed E-state index contributed by atoms with van der Waals surface area (Å²) in [5.74, 6) is 0.185. The molecule has 79 heavy (non-hydrogen) atoms. The summed E-state index contributed by atoms with van der Waals surface area (Å²) < 4.78 is 148. The number of aromatic nitrogens is 2. The molecule has 4 amide bonds. The largest absolute Gasteiger partial charge is 0.453 e. The van der Waals surface area contributed by atoms with E-state index in [4.69, 9.17) is 9.47 Å². The first kappa shape index (κ1) is 59.5. The lowest BCUT2D eigenvalue weighted by molar-refractivity contribution is -0.239. The number of piperazine rings is 1. The molecule has 26 heteroatoms. The SMILES string of the molecule is CNC(=O)O[C@H](C(=O)N[C@@H](Cc1ccc(C#Cc2ccc(N3C[C@@H]4C[C@@H](C3)N4C3COC3)nc2)cc1)[C@@H](O)CN(Cc1c(F)cc(-c2ccc(F)cn2)cc1F)NC(=O)[C@@H](NC(=O)OC)C(C)(C)C(F)(F)F)C(C)(C)C(F)(F)F. The minimum absolute atomic E-state index is 0.0813. The maximum absolute atomic E-state index is 16.0. The number of benzene rings is 2. The summed E-state index contributed by atoms with van der Waals surface area (Å²) in [7, 11) is 1.82. The van der Waals surface area contributed by atoms with Gasteiger partial charge in [0.25, 0.3) is 11.8 Å². The van der Waals surface area contributed by atoms with E-state index in [9.17, 15) is 55.0 Å². The number of methoxy groups -OCH3 is 1. The normalized spacial score (nSPS) is 18.4. The second-order valence-electron chi connectivity index (χ2n) is 20.5. The molecular formula is C53H58F9N9O8. The van der Waals surface area contributed by atoms with E-state index < -0.39 is 114 Å². The van der Waals surface area contributed by atoms with Crippen LogP contribution in [0.1, 0.15) is 56.4 Å². The van der Waals surface area contributed by atoms with Crippen LogP contribution < -0.4 is 26.3 Å². The van der Waals surface area contributed by atoms with Crippen LogP contribution in [0.3, 0.4) is 0 Å². The van der Waals surface area contributed by atoms with E-state index >= 15 is 8.78 Å². The highest BCUT2D eigenvalue weighted by Gasteiger charge is 2.58. The predicted molar refractivity (Wildman–Crippen MR) is 266 cm³/mol. The molecule has 6 atom stereocenters. The van der Waals surface area contributed by atoms with Gasteiger partial charge in [-0.25, -0.2) is 32.8 Å². The van der Waals surface area contributed by atoms with Crippen molar-refractivity contribution in [1.29, 1.82) is 0 Å². The molecule has 6 heterocycles. The maximum atomic E-state index is 16.0. The zero-order valence-electron chi connectivity index (χ0n) is 43.6. The Labute approximate surface area is 448 Å². The molecule has 0 spiro atoms. The molecule has 4 aliphatic rings.